The minimum Gasteiger partial charge on any atom is -0.487 e. The molecule has 0 fully saturated rings. The highest BCUT2D eigenvalue weighted by Crippen LogP contribution is 2.23. The van der Waals surface area contributed by atoms with Crippen molar-refractivity contribution >= 4 is 52.3 Å². The zero-order valence-corrected chi connectivity index (χ0v) is 20.0. The quantitative estimate of drug-likeness (QED) is 0.292. The summed E-state index contributed by atoms with van der Waals surface area (Å²) in [5.41, 5.74) is 2.52. The number of aromatic nitrogens is 3. The molecule has 1 amide bonds. The van der Waals surface area contributed by atoms with Crippen LogP contribution in [0.5, 0.6) is 5.75 Å². The van der Waals surface area contributed by atoms with Crippen LogP contribution in [0.15, 0.2) is 66.2 Å². The molecule has 0 aliphatic rings. The number of ether oxygens (including phenoxy) is 1. The third-order valence-electron chi connectivity index (χ3n) is 4.68. The number of rotatable bonds is 8. The van der Waals surface area contributed by atoms with E-state index in [0.717, 1.165) is 21.8 Å². The van der Waals surface area contributed by atoms with E-state index in [9.17, 15) is 4.79 Å². The largest absolute Gasteiger partial charge is 0.487 e. The molecule has 0 aliphatic heterocycles. The molecule has 2 heterocycles. The highest BCUT2D eigenvalue weighted by Gasteiger charge is 2.09. The lowest BCUT2D eigenvalue weighted by atomic mass is 10.2. The molecule has 2 aromatic carbocycles. The van der Waals surface area contributed by atoms with Crippen LogP contribution < -0.4 is 10.1 Å². The first-order valence-electron chi connectivity index (χ1n) is 10.1. The van der Waals surface area contributed by atoms with Gasteiger partial charge in [0.05, 0.1) is 23.4 Å². The van der Waals surface area contributed by atoms with Crippen molar-refractivity contribution in [3.8, 4) is 5.75 Å². The van der Waals surface area contributed by atoms with Crippen LogP contribution in [0.4, 0.5) is 5.82 Å². The highest BCUT2D eigenvalue weighted by atomic mass is 35.5. The molecule has 0 radical (unpaired) electrons. The fourth-order valence-corrected chi connectivity index (χ4v) is 4.15. The predicted octanol–water partition coefficient (Wildman–Crippen LogP) is 6.23. The second kappa shape index (κ2) is 10.7. The predicted molar refractivity (Wildman–Crippen MR) is 133 cm³/mol. The van der Waals surface area contributed by atoms with Gasteiger partial charge in [-0.1, -0.05) is 47.5 Å². The molecule has 0 bridgehead atoms. The van der Waals surface area contributed by atoms with Crippen molar-refractivity contribution in [3.05, 3.63) is 98.1 Å². The normalized spacial score (nSPS) is 11.1. The molecule has 0 saturated carbocycles. The van der Waals surface area contributed by atoms with E-state index in [4.69, 9.17) is 27.9 Å². The lowest BCUT2D eigenvalue weighted by Crippen LogP contribution is -2.14. The Kier molecular flexibility index (Phi) is 7.44. The number of para-hydroxylation sites is 1. The molecule has 0 saturated heterocycles. The first kappa shape index (κ1) is 23.0. The Morgan fingerprint density at radius 3 is 2.85 bits per heavy atom. The van der Waals surface area contributed by atoms with Crippen LogP contribution >= 0.6 is 34.5 Å². The molecule has 0 atom stereocenters. The van der Waals surface area contributed by atoms with Gasteiger partial charge in [-0.15, -0.1) is 11.3 Å². The lowest BCUT2D eigenvalue weighted by Gasteiger charge is -2.10. The van der Waals surface area contributed by atoms with Crippen LogP contribution in [0.3, 0.4) is 0 Å². The number of amides is 1. The Bertz CT molecular complexity index is 1300. The van der Waals surface area contributed by atoms with Gasteiger partial charge < -0.3 is 10.1 Å². The van der Waals surface area contributed by atoms with Crippen LogP contribution in [0.2, 0.25) is 10.0 Å². The van der Waals surface area contributed by atoms with Gasteiger partial charge in [-0.2, -0.15) is 5.10 Å². The monoisotopic (exact) mass is 498 g/mol. The number of hydrogen-bond acceptors (Lipinski definition) is 5. The summed E-state index contributed by atoms with van der Waals surface area (Å²) in [7, 11) is 0. The Labute approximate surface area is 205 Å². The number of carbonyl (C=O) groups is 1. The average Bonchev–Trinajstić information content (AvgIpc) is 3.41. The molecular weight excluding hydrogens is 479 g/mol. The Morgan fingerprint density at radius 2 is 2.06 bits per heavy atom. The molecule has 0 aliphatic carbocycles. The number of nitrogens with one attached hydrogen (secondary N) is 1. The van der Waals surface area contributed by atoms with E-state index in [1.54, 1.807) is 46.5 Å². The summed E-state index contributed by atoms with van der Waals surface area (Å²) < 4.78 is 7.57. The highest BCUT2D eigenvalue weighted by molar-refractivity contribution is 7.09. The van der Waals surface area contributed by atoms with E-state index in [1.165, 1.54) is 6.08 Å². The number of thiazole rings is 1. The molecule has 0 spiro atoms. The number of hydrogen-bond donors (Lipinski definition) is 1. The summed E-state index contributed by atoms with van der Waals surface area (Å²) in [5.74, 6) is 0.942. The van der Waals surface area contributed by atoms with E-state index in [-0.39, 0.29) is 5.91 Å². The van der Waals surface area contributed by atoms with Gasteiger partial charge >= 0.3 is 0 Å². The molecule has 1 N–H and O–H groups in total. The standard InChI is InChI=1S/C24H20Cl2N4O2S/c1-16-28-20(15-33-16)14-32-22-5-3-2-4-17(22)7-9-24(31)29-23-10-11-27-30(23)13-18-6-8-19(25)12-21(18)26/h2-12,15H,13-14H2,1H3,(H,29,31)/b9-7+. The number of anilines is 1. The van der Waals surface area contributed by atoms with Crippen LogP contribution in [0.1, 0.15) is 21.8 Å². The Morgan fingerprint density at radius 1 is 1.21 bits per heavy atom. The molecule has 2 aromatic heterocycles. The van der Waals surface area contributed by atoms with Crippen molar-refractivity contribution in [2.75, 3.05) is 5.32 Å². The van der Waals surface area contributed by atoms with Crippen LogP contribution in [-0.2, 0) is 17.9 Å². The number of benzene rings is 2. The summed E-state index contributed by atoms with van der Waals surface area (Å²) in [4.78, 5) is 17.0. The summed E-state index contributed by atoms with van der Waals surface area (Å²) >= 11 is 13.8. The fourth-order valence-electron chi connectivity index (χ4n) is 3.09. The van der Waals surface area contributed by atoms with E-state index in [0.29, 0.717) is 34.8 Å². The molecule has 9 heteroatoms. The molecule has 4 aromatic rings. The maximum Gasteiger partial charge on any atom is 0.249 e. The Hall–Kier alpha value is -3.13. The maximum absolute atomic E-state index is 12.6. The molecule has 6 nitrogen and oxygen atoms in total. The third kappa shape index (κ3) is 6.22. The average molecular weight is 499 g/mol. The van der Waals surface area contributed by atoms with E-state index < -0.39 is 0 Å². The van der Waals surface area contributed by atoms with Crippen molar-refractivity contribution in [2.24, 2.45) is 0 Å². The van der Waals surface area contributed by atoms with Crippen LogP contribution in [-0.4, -0.2) is 20.7 Å². The lowest BCUT2D eigenvalue weighted by molar-refractivity contribution is -0.111. The van der Waals surface area contributed by atoms with Gasteiger partial charge in [0.15, 0.2) is 0 Å². The van der Waals surface area contributed by atoms with E-state index in [1.807, 2.05) is 42.6 Å². The smallest absolute Gasteiger partial charge is 0.249 e. The minimum absolute atomic E-state index is 0.288. The summed E-state index contributed by atoms with van der Waals surface area (Å²) in [5, 5.41) is 11.2. The molecule has 168 valence electrons. The zero-order chi connectivity index (χ0) is 23.2. The van der Waals surface area contributed by atoms with Gasteiger partial charge in [0.2, 0.25) is 5.91 Å². The van der Waals surface area contributed by atoms with Gasteiger partial charge in [-0.25, -0.2) is 9.67 Å². The Balaban J connectivity index is 1.41. The second-order valence-corrected chi connectivity index (χ2v) is 9.02. The minimum atomic E-state index is -0.288. The van der Waals surface area contributed by atoms with Gasteiger partial charge in [-0.3, -0.25) is 4.79 Å². The number of carbonyl (C=O) groups excluding carboxylic acids is 1. The van der Waals surface area contributed by atoms with Crippen molar-refractivity contribution in [1.29, 1.82) is 0 Å². The van der Waals surface area contributed by atoms with Crippen LogP contribution in [0.25, 0.3) is 6.08 Å². The molecule has 33 heavy (non-hydrogen) atoms. The van der Waals surface area contributed by atoms with Gasteiger partial charge in [0.1, 0.15) is 18.2 Å². The topological polar surface area (TPSA) is 69.0 Å². The molecule has 4 rings (SSSR count). The number of halogens is 2. The third-order valence-corrected chi connectivity index (χ3v) is 6.09. The van der Waals surface area contributed by atoms with Crippen molar-refractivity contribution in [1.82, 2.24) is 14.8 Å². The van der Waals surface area contributed by atoms with Gasteiger partial charge in [0.25, 0.3) is 0 Å². The first-order valence-corrected chi connectivity index (χ1v) is 11.7. The summed E-state index contributed by atoms with van der Waals surface area (Å²) in [6.45, 7) is 2.72. The van der Waals surface area contributed by atoms with Gasteiger partial charge in [0, 0.05) is 33.1 Å². The molecular formula is C24H20Cl2N4O2S. The summed E-state index contributed by atoms with van der Waals surface area (Å²) in [6.07, 6.45) is 4.79. The van der Waals surface area contributed by atoms with Crippen molar-refractivity contribution in [2.45, 2.75) is 20.1 Å². The fraction of sp³-hybridized carbons (Fsp3) is 0.125. The number of nitrogens with zero attached hydrogens (tertiary/aromatic N) is 3. The summed E-state index contributed by atoms with van der Waals surface area (Å²) in [6, 6.07) is 14.5. The maximum atomic E-state index is 12.6. The van der Waals surface area contributed by atoms with Gasteiger partial charge in [-0.05, 0) is 36.8 Å². The second-order valence-electron chi connectivity index (χ2n) is 7.12. The van der Waals surface area contributed by atoms with E-state index in [2.05, 4.69) is 15.4 Å². The molecule has 0 unspecified atom stereocenters. The van der Waals surface area contributed by atoms with E-state index >= 15 is 0 Å². The first-order chi connectivity index (χ1) is 16.0. The zero-order valence-electron chi connectivity index (χ0n) is 17.7. The number of aryl methyl sites for hydroxylation is 1. The SMILES string of the molecule is Cc1nc(COc2ccccc2/C=C/C(=O)Nc2ccnn2Cc2ccc(Cl)cc2Cl)cs1. The van der Waals surface area contributed by atoms with Crippen LogP contribution in [0, 0.1) is 6.92 Å². The van der Waals surface area contributed by atoms with Crippen molar-refractivity contribution < 1.29 is 9.53 Å². The van der Waals surface area contributed by atoms with Crippen molar-refractivity contribution in [3.63, 3.8) is 0 Å².